The van der Waals surface area contributed by atoms with Gasteiger partial charge in [-0.05, 0) is 72.8 Å². The quantitative estimate of drug-likeness (QED) is 0.0930. The van der Waals surface area contributed by atoms with Gasteiger partial charge in [-0.3, -0.25) is 0 Å². The van der Waals surface area contributed by atoms with E-state index in [0.717, 1.165) is 112 Å². The van der Waals surface area contributed by atoms with Crippen LogP contribution in [-0.4, -0.2) is 48.1 Å². The van der Waals surface area contributed by atoms with Crippen molar-refractivity contribution in [1.29, 1.82) is 0 Å². The van der Waals surface area contributed by atoms with E-state index in [0.29, 0.717) is 0 Å². The van der Waals surface area contributed by atoms with Crippen molar-refractivity contribution in [1.82, 2.24) is 19.9 Å². The van der Waals surface area contributed by atoms with Crippen molar-refractivity contribution < 1.29 is 0 Å². The van der Waals surface area contributed by atoms with Crippen LogP contribution in [0.1, 0.15) is 22.8 Å². The first kappa shape index (κ1) is 34.4. The molecule has 2 aliphatic heterocycles. The second-order valence-corrected chi connectivity index (χ2v) is 13.7. The molecule has 2 aliphatic rings. The Bertz CT molecular complexity index is 2490. The van der Waals surface area contributed by atoms with Gasteiger partial charge in [0, 0.05) is 118 Å². The number of fused-ring (bicyclic) bond motifs is 8. The van der Waals surface area contributed by atoms with E-state index in [1.54, 1.807) is 0 Å². The van der Waals surface area contributed by atoms with E-state index in [2.05, 4.69) is 177 Å². The molecule has 5 heterocycles. The highest BCUT2D eigenvalue weighted by molar-refractivity contribution is 6.03. The molecular weight excluding hydrogens is 689 g/mol. The number of hydrogen-bond acceptors (Lipinski definition) is 6. The van der Waals surface area contributed by atoms with Crippen LogP contribution in [0.5, 0.6) is 0 Å². The first-order chi connectivity index (χ1) is 27.6. The van der Waals surface area contributed by atoms with Crippen molar-refractivity contribution in [2.75, 3.05) is 49.5 Å². The number of aromatic nitrogens is 4. The van der Waals surface area contributed by atoms with Crippen molar-refractivity contribution in [3.8, 4) is 44.5 Å². The van der Waals surface area contributed by atoms with E-state index in [-0.39, 0.29) is 0 Å². The first-order valence-electron chi connectivity index (χ1n) is 18.8. The lowest BCUT2D eigenvalue weighted by atomic mass is 10.0. The molecule has 0 spiro atoms. The largest absolute Gasteiger partial charge is 0.388 e. The summed E-state index contributed by atoms with van der Waals surface area (Å²) in [6.07, 6.45) is 8.53. The Morgan fingerprint density at radius 3 is 0.786 bits per heavy atom. The van der Waals surface area contributed by atoms with Crippen molar-refractivity contribution in [2.24, 2.45) is 0 Å². The van der Waals surface area contributed by atoms with Crippen molar-refractivity contribution >= 4 is 69.1 Å². The van der Waals surface area contributed by atoms with Gasteiger partial charge in [-0.1, -0.05) is 72.8 Å². The molecule has 6 N–H and O–H groups in total. The minimum Gasteiger partial charge on any atom is -0.388 e. The lowest BCUT2D eigenvalue weighted by molar-refractivity contribution is 1.31. The molecule has 0 aliphatic carbocycles. The Balaban J connectivity index is 1.51. The Morgan fingerprint density at radius 2 is 0.554 bits per heavy atom. The zero-order valence-corrected chi connectivity index (χ0v) is 31.8. The van der Waals surface area contributed by atoms with Gasteiger partial charge in [0.1, 0.15) is 0 Å². The van der Waals surface area contributed by atoms with Crippen LogP contribution < -0.4 is 21.3 Å². The summed E-state index contributed by atoms with van der Waals surface area (Å²) in [4.78, 5) is 18.7. The lowest BCUT2D eigenvalue weighted by Crippen LogP contribution is -1.96. The second kappa shape index (κ2) is 14.5. The molecule has 8 heteroatoms. The maximum absolute atomic E-state index is 5.48. The summed E-state index contributed by atoms with van der Waals surface area (Å²) in [5.41, 5.74) is 19.4. The SMILES string of the molecule is CNc1ccccc1-c1c2nc(c(-c3ccccc3NC)c3ccc([nH]3)c(-c3ccccc3NC)c3nc(c(-c4ccccc4NC)c4ccc1[nH]4)C=C3)C=C2. The van der Waals surface area contributed by atoms with Crippen LogP contribution >= 0.6 is 0 Å². The molecule has 4 aromatic carbocycles. The molecule has 8 bridgehead atoms. The maximum atomic E-state index is 5.48. The van der Waals surface area contributed by atoms with Crippen LogP contribution in [0.4, 0.5) is 22.7 Å². The normalized spacial score (nSPS) is 11.8. The number of hydrogen-bond donors (Lipinski definition) is 6. The average molecular weight is 731 g/mol. The molecule has 0 unspecified atom stereocenters. The topological polar surface area (TPSA) is 105 Å². The maximum Gasteiger partial charge on any atom is 0.0738 e. The summed E-state index contributed by atoms with van der Waals surface area (Å²) in [5, 5.41) is 13.7. The Hall–Kier alpha value is -7.32. The molecule has 0 amide bonds. The smallest absolute Gasteiger partial charge is 0.0738 e. The molecule has 0 saturated carbocycles. The lowest BCUT2D eigenvalue weighted by Gasteiger charge is -2.12. The van der Waals surface area contributed by atoms with Crippen molar-refractivity contribution in [3.63, 3.8) is 0 Å². The molecule has 274 valence electrons. The molecule has 8 nitrogen and oxygen atoms in total. The number of para-hydroxylation sites is 4. The molecule has 0 atom stereocenters. The molecule has 7 aromatic rings. The number of benzene rings is 4. The number of nitrogens with zero attached hydrogens (tertiary/aromatic N) is 2. The van der Waals surface area contributed by atoms with Crippen LogP contribution in [0.2, 0.25) is 0 Å². The van der Waals surface area contributed by atoms with Crippen LogP contribution in [0.25, 0.3) is 90.9 Å². The van der Waals surface area contributed by atoms with Gasteiger partial charge in [0.15, 0.2) is 0 Å². The van der Waals surface area contributed by atoms with E-state index < -0.39 is 0 Å². The average Bonchev–Trinajstić information content (AvgIpc) is 4.10. The predicted octanol–water partition coefficient (Wildman–Crippen LogP) is 11.5. The van der Waals surface area contributed by atoms with Crippen LogP contribution in [0, 0.1) is 0 Å². The second-order valence-electron chi connectivity index (χ2n) is 13.7. The third-order valence-electron chi connectivity index (χ3n) is 10.6. The summed E-state index contributed by atoms with van der Waals surface area (Å²) in [6.45, 7) is 0. The number of H-pyrrole nitrogens is 2. The zero-order valence-electron chi connectivity index (χ0n) is 31.8. The molecule has 3 aromatic heterocycles. The minimum atomic E-state index is 0.857. The molecule has 56 heavy (non-hydrogen) atoms. The highest BCUT2D eigenvalue weighted by Crippen LogP contribution is 2.42. The summed E-state index contributed by atoms with van der Waals surface area (Å²) in [6, 6.07) is 42.2. The van der Waals surface area contributed by atoms with Gasteiger partial charge in [0.05, 0.1) is 22.8 Å². The van der Waals surface area contributed by atoms with Crippen LogP contribution in [0.3, 0.4) is 0 Å². The minimum absolute atomic E-state index is 0.857. The van der Waals surface area contributed by atoms with Gasteiger partial charge in [-0.2, -0.15) is 0 Å². The number of aromatic amines is 2. The third kappa shape index (κ3) is 5.88. The van der Waals surface area contributed by atoms with E-state index in [4.69, 9.17) is 9.97 Å². The van der Waals surface area contributed by atoms with Crippen molar-refractivity contribution in [2.45, 2.75) is 0 Å². The summed E-state index contributed by atoms with van der Waals surface area (Å²) in [5.74, 6) is 0. The highest BCUT2D eigenvalue weighted by atomic mass is 14.9. The zero-order chi connectivity index (χ0) is 38.2. The van der Waals surface area contributed by atoms with Gasteiger partial charge in [0.2, 0.25) is 0 Å². The molecule has 0 radical (unpaired) electrons. The Kier molecular flexibility index (Phi) is 8.91. The highest BCUT2D eigenvalue weighted by Gasteiger charge is 2.21. The van der Waals surface area contributed by atoms with E-state index >= 15 is 0 Å². The summed E-state index contributed by atoms with van der Waals surface area (Å²) < 4.78 is 0. The third-order valence-corrected chi connectivity index (χ3v) is 10.6. The number of nitrogens with one attached hydrogen (secondary N) is 6. The fourth-order valence-electron chi connectivity index (χ4n) is 8.02. The summed E-state index contributed by atoms with van der Waals surface area (Å²) in [7, 11) is 7.84. The molecule has 0 fully saturated rings. The van der Waals surface area contributed by atoms with Gasteiger partial charge in [0.25, 0.3) is 0 Å². The van der Waals surface area contributed by atoms with Gasteiger partial charge >= 0.3 is 0 Å². The monoisotopic (exact) mass is 730 g/mol. The summed E-state index contributed by atoms with van der Waals surface area (Å²) >= 11 is 0. The molecular formula is C48H42N8. The van der Waals surface area contributed by atoms with Crippen LogP contribution in [-0.2, 0) is 0 Å². The first-order valence-corrected chi connectivity index (χ1v) is 18.8. The van der Waals surface area contributed by atoms with Gasteiger partial charge in [-0.25, -0.2) is 9.97 Å². The fourth-order valence-corrected chi connectivity index (χ4v) is 8.02. The number of anilines is 4. The van der Waals surface area contributed by atoms with Gasteiger partial charge < -0.3 is 31.2 Å². The van der Waals surface area contributed by atoms with Crippen molar-refractivity contribution in [3.05, 3.63) is 144 Å². The Morgan fingerprint density at radius 1 is 0.321 bits per heavy atom. The fraction of sp³-hybridized carbons (Fsp3) is 0.0833. The van der Waals surface area contributed by atoms with Crippen LogP contribution in [0.15, 0.2) is 121 Å². The number of rotatable bonds is 8. The predicted molar refractivity (Wildman–Crippen MR) is 239 cm³/mol. The van der Waals surface area contributed by atoms with E-state index in [1.165, 1.54) is 0 Å². The standard InChI is InChI=1S/C48H42N8/c1-49-33-17-9-5-13-29(33)45-37-21-23-39(53-37)46(30-14-6-10-18-34(30)50-2)41-25-27-43(55-41)48(32-16-8-12-20-36(32)52-4)44-28-26-42(56-44)47(40-24-22-38(45)54-40)31-15-7-11-19-35(31)51-3/h5-28,49-53,56H,1-4H3. The molecule has 0 saturated heterocycles. The molecule has 9 rings (SSSR count). The Labute approximate surface area is 326 Å². The van der Waals surface area contributed by atoms with E-state index in [1.807, 2.05) is 28.2 Å². The van der Waals surface area contributed by atoms with E-state index in [9.17, 15) is 0 Å². The van der Waals surface area contributed by atoms with Gasteiger partial charge in [-0.15, -0.1) is 0 Å².